The highest BCUT2D eigenvalue weighted by molar-refractivity contribution is 5.99. The van der Waals surface area contributed by atoms with Gasteiger partial charge >= 0.3 is 11.6 Å². The summed E-state index contributed by atoms with van der Waals surface area (Å²) in [5.41, 5.74) is 3.47. The Kier molecular flexibility index (Phi) is 6.90. The van der Waals surface area contributed by atoms with Crippen molar-refractivity contribution in [1.29, 1.82) is 0 Å². The number of aryl methyl sites for hydroxylation is 3. The molecule has 9 nitrogen and oxygen atoms in total. The number of hydrogen-bond acceptors (Lipinski definition) is 6. The number of nitrogens with one attached hydrogen (secondary N) is 2. The maximum atomic E-state index is 12.6. The number of hydrogen-bond donors (Lipinski definition) is 3. The second-order valence-electron chi connectivity index (χ2n) is 8.57. The molecule has 0 radical (unpaired) electrons. The van der Waals surface area contributed by atoms with Crippen molar-refractivity contribution in [3.63, 3.8) is 0 Å². The number of carboxylic acids is 1. The lowest BCUT2D eigenvalue weighted by atomic mass is 9.98. The zero-order valence-corrected chi connectivity index (χ0v) is 19.3. The van der Waals surface area contributed by atoms with Crippen LogP contribution in [0.5, 0.6) is 0 Å². The molecule has 0 saturated heterocycles. The maximum Gasteiger partial charge on any atom is 0.339 e. The van der Waals surface area contributed by atoms with Crippen LogP contribution in [0.3, 0.4) is 0 Å². The van der Waals surface area contributed by atoms with E-state index in [-0.39, 0.29) is 25.3 Å². The molecule has 1 atom stereocenters. The second-order valence-corrected chi connectivity index (χ2v) is 8.57. The van der Waals surface area contributed by atoms with E-state index in [1.165, 1.54) is 0 Å². The van der Waals surface area contributed by atoms with Gasteiger partial charge in [0, 0.05) is 28.3 Å². The van der Waals surface area contributed by atoms with E-state index in [1.807, 2.05) is 26.8 Å². The van der Waals surface area contributed by atoms with Crippen molar-refractivity contribution in [2.24, 2.45) is 5.92 Å². The number of carbonyl (C=O) groups excluding carboxylic acids is 2. The van der Waals surface area contributed by atoms with E-state index < -0.39 is 29.5 Å². The maximum absolute atomic E-state index is 12.6. The molecule has 0 aliphatic rings. The molecule has 0 saturated carbocycles. The monoisotopic (exact) mass is 456 g/mol. The van der Waals surface area contributed by atoms with E-state index >= 15 is 0 Å². The first kappa shape index (κ1) is 24.0. The zero-order chi connectivity index (χ0) is 24.4. The van der Waals surface area contributed by atoms with Gasteiger partial charge in [-0.1, -0.05) is 13.8 Å². The molecule has 0 aliphatic carbocycles. The van der Waals surface area contributed by atoms with Crippen LogP contribution in [0.2, 0.25) is 0 Å². The molecule has 3 N–H and O–H groups in total. The van der Waals surface area contributed by atoms with Gasteiger partial charge in [-0.2, -0.15) is 0 Å². The van der Waals surface area contributed by atoms with Gasteiger partial charge in [0.15, 0.2) is 0 Å². The van der Waals surface area contributed by atoms with Gasteiger partial charge in [-0.3, -0.25) is 9.59 Å². The third kappa shape index (κ3) is 4.92. The lowest BCUT2D eigenvalue weighted by molar-refractivity contribution is -0.143. The van der Waals surface area contributed by atoms with Gasteiger partial charge in [-0.15, -0.1) is 0 Å². The van der Waals surface area contributed by atoms with E-state index in [0.717, 1.165) is 27.5 Å². The Morgan fingerprint density at radius 2 is 1.73 bits per heavy atom. The number of furan rings is 1. The first-order valence-electron chi connectivity index (χ1n) is 10.7. The van der Waals surface area contributed by atoms with Gasteiger partial charge in [0.1, 0.15) is 17.2 Å². The Bertz CT molecular complexity index is 1300. The molecule has 0 fully saturated rings. The number of aliphatic carboxylic acids is 1. The topological polar surface area (TPSA) is 139 Å². The highest BCUT2D eigenvalue weighted by Crippen LogP contribution is 2.32. The Morgan fingerprint density at radius 1 is 1.03 bits per heavy atom. The number of amides is 2. The summed E-state index contributed by atoms with van der Waals surface area (Å²) in [4.78, 5) is 48.0. The Morgan fingerprint density at radius 3 is 2.36 bits per heavy atom. The van der Waals surface area contributed by atoms with Crippen LogP contribution in [0, 0.1) is 26.7 Å². The minimum Gasteiger partial charge on any atom is -0.480 e. The molecule has 1 aromatic carbocycles. The molecular weight excluding hydrogens is 428 g/mol. The first-order valence-corrected chi connectivity index (χ1v) is 10.7. The average Bonchev–Trinajstić information content (AvgIpc) is 3.12. The summed E-state index contributed by atoms with van der Waals surface area (Å²) in [5.74, 6) is -2.46. The molecule has 0 bridgehead atoms. The molecule has 2 aromatic heterocycles. The van der Waals surface area contributed by atoms with Crippen molar-refractivity contribution < 1.29 is 28.3 Å². The van der Waals surface area contributed by atoms with Crippen molar-refractivity contribution in [3.05, 3.63) is 45.0 Å². The van der Waals surface area contributed by atoms with E-state index in [1.54, 1.807) is 20.1 Å². The SMILES string of the molecule is Cc1coc2c(C)c3oc(=O)c(CCC(=O)NCC(=O)NC(C(=O)O)C(C)C)c(C)c3cc12. The van der Waals surface area contributed by atoms with E-state index in [0.29, 0.717) is 16.7 Å². The predicted octanol–water partition coefficient (Wildman–Crippen LogP) is 2.74. The predicted molar refractivity (Wildman–Crippen MR) is 122 cm³/mol. The molecule has 2 amide bonds. The van der Waals surface area contributed by atoms with Crippen molar-refractivity contribution in [2.45, 2.75) is 53.5 Å². The number of carboxylic acid groups (broad SMARTS) is 1. The molecule has 0 aliphatic heterocycles. The standard InChI is InChI=1S/C24H28N2O7/c1-11(2)20(23(29)30)26-19(28)9-25-18(27)7-6-15-13(4)17-8-16-12(3)10-32-21(16)14(5)22(17)33-24(15)31/h8,10-11,20H,6-7,9H2,1-5H3,(H,25,27)(H,26,28)(H,29,30). The van der Waals surface area contributed by atoms with E-state index in [9.17, 15) is 19.2 Å². The van der Waals surface area contributed by atoms with Crippen molar-refractivity contribution in [2.75, 3.05) is 6.54 Å². The Hall–Kier alpha value is -3.62. The van der Waals surface area contributed by atoms with Gasteiger partial charge in [0.05, 0.1) is 12.8 Å². The second kappa shape index (κ2) is 9.48. The largest absolute Gasteiger partial charge is 0.480 e. The van der Waals surface area contributed by atoms with Crippen LogP contribution in [0.25, 0.3) is 21.9 Å². The van der Waals surface area contributed by atoms with Crippen molar-refractivity contribution >= 4 is 39.7 Å². The molecule has 2 heterocycles. The van der Waals surface area contributed by atoms with Crippen LogP contribution in [0.1, 0.15) is 42.5 Å². The lowest BCUT2D eigenvalue weighted by Crippen LogP contribution is -2.48. The third-order valence-electron chi connectivity index (χ3n) is 5.83. The molecule has 176 valence electrons. The number of fused-ring (bicyclic) bond motifs is 2. The lowest BCUT2D eigenvalue weighted by Gasteiger charge is -2.18. The van der Waals surface area contributed by atoms with Crippen LogP contribution in [0.15, 0.2) is 26.0 Å². The molecule has 9 heteroatoms. The molecule has 0 spiro atoms. The summed E-state index contributed by atoms with van der Waals surface area (Å²) >= 11 is 0. The average molecular weight is 456 g/mol. The number of benzene rings is 1. The van der Waals surface area contributed by atoms with Gasteiger partial charge in [0.25, 0.3) is 0 Å². The zero-order valence-electron chi connectivity index (χ0n) is 19.3. The molecule has 3 rings (SSSR count). The van der Waals surface area contributed by atoms with E-state index in [4.69, 9.17) is 13.9 Å². The van der Waals surface area contributed by atoms with Crippen LogP contribution in [-0.2, 0) is 20.8 Å². The Labute approximate surface area is 190 Å². The highest BCUT2D eigenvalue weighted by Gasteiger charge is 2.23. The summed E-state index contributed by atoms with van der Waals surface area (Å²) in [6.07, 6.45) is 1.77. The van der Waals surface area contributed by atoms with Crippen molar-refractivity contribution in [3.8, 4) is 0 Å². The van der Waals surface area contributed by atoms with Gasteiger partial charge in [0.2, 0.25) is 11.8 Å². The summed E-state index contributed by atoms with van der Waals surface area (Å²) < 4.78 is 11.2. The normalized spacial score (nSPS) is 12.3. The van der Waals surface area contributed by atoms with E-state index in [2.05, 4.69) is 10.6 Å². The van der Waals surface area contributed by atoms with Gasteiger partial charge in [-0.25, -0.2) is 9.59 Å². The third-order valence-corrected chi connectivity index (χ3v) is 5.83. The number of rotatable bonds is 8. The Balaban J connectivity index is 1.71. The van der Waals surface area contributed by atoms with Crippen molar-refractivity contribution in [1.82, 2.24) is 10.6 Å². The quantitative estimate of drug-likeness (QED) is 0.443. The van der Waals surface area contributed by atoms with Crippen LogP contribution >= 0.6 is 0 Å². The minimum atomic E-state index is -1.14. The first-order chi connectivity index (χ1) is 15.5. The highest BCUT2D eigenvalue weighted by atomic mass is 16.4. The molecule has 3 aromatic rings. The summed E-state index contributed by atoms with van der Waals surface area (Å²) in [7, 11) is 0. The smallest absolute Gasteiger partial charge is 0.339 e. The van der Waals surface area contributed by atoms with Crippen LogP contribution < -0.4 is 16.3 Å². The van der Waals surface area contributed by atoms with Gasteiger partial charge < -0.3 is 24.6 Å². The fourth-order valence-electron chi connectivity index (χ4n) is 3.85. The molecular formula is C24H28N2O7. The van der Waals surface area contributed by atoms with Crippen LogP contribution in [-0.4, -0.2) is 35.5 Å². The summed E-state index contributed by atoms with van der Waals surface area (Å²) in [6.45, 7) is 8.59. The minimum absolute atomic E-state index is 0.0249. The molecule has 1 unspecified atom stereocenters. The fraction of sp³-hybridized carbons (Fsp3) is 0.417. The number of carbonyl (C=O) groups is 3. The van der Waals surface area contributed by atoms with Crippen LogP contribution in [0.4, 0.5) is 0 Å². The summed E-state index contributed by atoms with van der Waals surface area (Å²) in [5, 5.41) is 15.7. The molecule has 33 heavy (non-hydrogen) atoms. The van der Waals surface area contributed by atoms with Gasteiger partial charge in [-0.05, 0) is 50.3 Å². The summed E-state index contributed by atoms with van der Waals surface area (Å²) in [6, 6.07) is 0.893. The fourth-order valence-corrected chi connectivity index (χ4v) is 3.85.